The lowest BCUT2D eigenvalue weighted by atomic mass is 9.80. The Bertz CT molecular complexity index is 2550. The topological polar surface area (TPSA) is 15.8 Å². The second-order valence-electron chi connectivity index (χ2n) is 13.9. The molecule has 10 rings (SSSR count). The molecule has 1 nitrogen and oxygen atoms in total. The Hall–Kier alpha value is -5.66. The first-order chi connectivity index (χ1) is 23.0. The van der Waals surface area contributed by atoms with Gasteiger partial charge in [0.2, 0.25) is 0 Å². The first-order valence-electron chi connectivity index (χ1n) is 16.6. The molecule has 222 valence electrons. The van der Waals surface area contributed by atoms with E-state index in [1.54, 1.807) is 0 Å². The van der Waals surface area contributed by atoms with Crippen molar-refractivity contribution in [1.29, 1.82) is 0 Å². The van der Waals surface area contributed by atoms with Crippen LogP contribution in [0.5, 0.6) is 0 Å². The zero-order chi connectivity index (χ0) is 31.3. The number of aromatic amines is 1. The lowest BCUT2D eigenvalue weighted by molar-refractivity contribution is 0.661. The van der Waals surface area contributed by atoms with Crippen molar-refractivity contribution in [2.24, 2.45) is 0 Å². The van der Waals surface area contributed by atoms with E-state index in [9.17, 15) is 0 Å². The normalized spacial score (nSPS) is 13.8. The highest BCUT2D eigenvalue weighted by Crippen LogP contribution is 2.51. The fourth-order valence-electron chi connectivity index (χ4n) is 8.42. The number of hydrogen-bond acceptors (Lipinski definition) is 0. The maximum Gasteiger partial charge on any atom is 0.0159 e. The van der Waals surface area contributed by atoms with Gasteiger partial charge in [-0.1, -0.05) is 117 Å². The van der Waals surface area contributed by atoms with Gasteiger partial charge in [0.1, 0.15) is 0 Å². The highest BCUT2D eigenvalue weighted by atomic mass is 14.6. The van der Waals surface area contributed by atoms with Crippen molar-refractivity contribution in [3.05, 3.63) is 168 Å². The molecule has 2 aliphatic rings. The summed E-state index contributed by atoms with van der Waals surface area (Å²) in [5.41, 5.74) is 18.6. The number of fused-ring (bicyclic) bond motifs is 6. The molecular formula is C46H33N. The first-order valence-corrected chi connectivity index (χ1v) is 16.6. The average molecular weight is 600 g/mol. The van der Waals surface area contributed by atoms with E-state index in [1.807, 2.05) is 6.20 Å². The summed E-state index contributed by atoms with van der Waals surface area (Å²) >= 11 is 0. The quantitative estimate of drug-likeness (QED) is 0.208. The van der Waals surface area contributed by atoms with E-state index in [-0.39, 0.29) is 5.41 Å². The molecule has 7 aromatic carbocycles. The number of benzene rings is 7. The summed E-state index contributed by atoms with van der Waals surface area (Å²) in [6, 6.07) is 50.4. The van der Waals surface area contributed by atoms with E-state index in [2.05, 4.69) is 158 Å². The van der Waals surface area contributed by atoms with Gasteiger partial charge in [-0.3, -0.25) is 0 Å². The first kappa shape index (κ1) is 26.5. The Labute approximate surface area is 275 Å². The minimum atomic E-state index is -0.0466. The van der Waals surface area contributed by atoms with Crippen molar-refractivity contribution >= 4 is 21.5 Å². The molecule has 0 spiro atoms. The summed E-state index contributed by atoms with van der Waals surface area (Å²) < 4.78 is 0. The highest BCUT2D eigenvalue weighted by molar-refractivity contribution is 6.08. The molecule has 1 heterocycles. The predicted octanol–water partition coefficient (Wildman–Crippen LogP) is 12.2. The minimum absolute atomic E-state index is 0.0466. The Morgan fingerprint density at radius 1 is 0.468 bits per heavy atom. The van der Waals surface area contributed by atoms with Gasteiger partial charge < -0.3 is 4.98 Å². The molecule has 1 aromatic heterocycles. The second kappa shape index (κ2) is 9.67. The van der Waals surface area contributed by atoms with Crippen LogP contribution in [-0.4, -0.2) is 4.98 Å². The number of aromatic nitrogens is 1. The van der Waals surface area contributed by atoms with Gasteiger partial charge in [-0.15, -0.1) is 0 Å². The van der Waals surface area contributed by atoms with Crippen LogP contribution in [0.25, 0.3) is 77.2 Å². The number of hydrogen-bond donors (Lipinski definition) is 1. The molecule has 0 amide bonds. The third-order valence-electron chi connectivity index (χ3n) is 10.9. The van der Waals surface area contributed by atoms with Gasteiger partial charge in [-0.05, 0) is 136 Å². The fraction of sp³-hybridized carbons (Fsp3) is 0.0870. The summed E-state index contributed by atoms with van der Waals surface area (Å²) in [6.45, 7) is 4.74. The number of nitrogens with one attached hydrogen (secondary N) is 1. The lowest BCUT2D eigenvalue weighted by Gasteiger charge is -2.23. The van der Waals surface area contributed by atoms with E-state index in [0.717, 1.165) is 6.42 Å². The molecule has 0 fully saturated rings. The second-order valence-corrected chi connectivity index (χ2v) is 13.9. The van der Waals surface area contributed by atoms with Crippen molar-refractivity contribution in [2.45, 2.75) is 25.7 Å². The predicted molar refractivity (Wildman–Crippen MR) is 198 cm³/mol. The van der Waals surface area contributed by atoms with Crippen LogP contribution in [0.1, 0.15) is 36.1 Å². The Morgan fingerprint density at radius 2 is 1.17 bits per heavy atom. The minimum Gasteiger partial charge on any atom is -0.367 e. The van der Waals surface area contributed by atoms with Gasteiger partial charge >= 0.3 is 0 Å². The molecule has 0 bridgehead atoms. The molecule has 0 radical (unpaired) electrons. The van der Waals surface area contributed by atoms with E-state index < -0.39 is 0 Å². The van der Waals surface area contributed by atoms with Crippen LogP contribution in [0.4, 0.5) is 0 Å². The van der Waals surface area contributed by atoms with Crippen LogP contribution >= 0.6 is 0 Å². The molecule has 0 unspecified atom stereocenters. The third kappa shape index (κ3) is 3.90. The zero-order valence-corrected chi connectivity index (χ0v) is 26.6. The average Bonchev–Trinajstić information content (AvgIpc) is 3.73. The maximum absolute atomic E-state index is 3.21. The van der Waals surface area contributed by atoms with Gasteiger partial charge in [0.25, 0.3) is 0 Å². The summed E-state index contributed by atoms with van der Waals surface area (Å²) in [5, 5.41) is 5.34. The molecule has 8 aromatic rings. The zero-order valence-electron chi connectivity index (χ0n) is 26.6. The van der Waals surface area contributed by atoms with Crippen LogP contribution in [0.2, 0.25) is 0 Å². The van der Waals surface area contributed by atoms with Gasteiger partial charge in [0.05, 0.1) is 0 Å². The largest absolute Gasteiger partial charge is 0.367 e. The molecule has 0 aliphatic heterocycles. The van der Waals surface area contributed by atoms with Crippen LogP contribution in [0.15, 0.2) is 146 Å². The molecule has 2 aliphatic carbocycles. The Kier molecular flexibility index (Phi) is 5.46. The van der Waals surface area contributed by atoms with Crippen molar-refractivity contribution in [2.75, 3.05) is 0 Å². The standard InChI is InChI=1S/C46H33N/c1-46(2)43-26-33(16-19-38(43)42-24-30-6-3-4-7-31(30)25-44(42)46)28-10-12-29(13-11-28)37-18-17-35-22-34-15-14-32(36-20-21-47-27-36)23-41(34)40-9-5-8-39(37)45(35)40/h3-21,23-27,47H,22H2,1-2H3. The van der Waals surface area contributed by atoms with Crippen LogP contribution in [-0.2, 0) is 11.8 Å². The summed E-state index contributed by atoms with van der Waals surface area (Å²) in [5.74, 6) is 0. The van der Waals surface area contributed by atoms with Crippen molar-refractivity contribution < 1.29 is 0 Å². The molecule has 0 atom stereocenters. The van der Waals surface area contributed by atoms with Crippen molar-refractivity contribution in [3.63, 3.8) is 0 Å². The van der Waals surface area contributed by atoms with E-state index in [1.165, 1.54) is 99.4 Å². The molecular weight excluding hydrogens is 567 g/mol. The smallest absolute Gasteiger partial charge is 0.0159 e. The lowest BCUT2D eigenvalue weighted by Crippen LogP contribution is -2.15. The fourth-order valence-corrected chi connectivity index (χ4v) is 8.42. The Morgan fingerprint density at radius 3 is 2.00 bits per heavy atom. The Balaban J connectivity index is 1.03. The van der Waals surface area contributed by atoms with Gasteiger partial charge in [-0.2, -0.15) is 0 Å². The number of H-pyrrole nitrogens is 1. The van der Waals surface area contributed by atoms with Crippen molar-refractivity contribution in [1.82, 2.24) is 4.98 Å². The molecule has 0 saturated carbocycles. The van der Waals surface area contributed by atoms with Gasteiger partial charge in [-0.25, -0.2) is 0 Å². The molecule has 47 heavy (non-hydrogen) atoms. The van der Waals surface area contributed by atoms with E-state index >= 15 is 0 Å². The summed E-state index contributed by atoms with van der Waals surface area (Å²) in [7, 11) is 0. The van der Waals surface area contributed by atoms with Crippen molar-refractivity contribution in [3.8, 4) is 55.6 Å². The maximum atomic E-state index is 3.21. The monoisotopic (exact) mass is 599 g/mol. The van der Waals surface area contributed by atoms with E-state index in [4.69, 9.17) is 0 Å². The van der Waals surface area contributed by atoms with Gasteiger partial charge in [0, 0.05) is 17.8 Å². The van der Waals surface area contributed by atoms with Crippen LogP contribution < -0.4 is 0 Å². The number of rotatable bonds is 3. The highest BCUT2D eigenvalue weighted by Gasteiger charge is 2.36. The summed E-state index contributed by atoms with van der Waals surface area (Å²) in [4.78, 5) is 3.21. The van der Waals surface area contributed by atoms with Crippen LogP contribution in [0.3, 0.4) is 0 Å². The van der Waals surface area contributed by atoms with E-state index in [0.29, 0.717) is 0 Å². The van der Waals surface area contributed by atoms with Gasteiger partial charge in [0.15, 0.2) is 0 Å². The molecule has 0 saturated heterocycles. The molecule has 1 heteroatoms. The summed E-state index contributed by atoms with van der Waals surface area (Å²) in [6.07, 6.45) is 5.03. The SMILES string of the molecule is CC1(C)c2cc(-c3ccc(-c4ccc5c6c(cccc46)-c4cc(-c6cc[nH]c6)ccc4C5)cc3)ccc2-c2cc3ccccc3cc21. The third-order valence-corrected chi connectivity index (χ3v) is 10.9. The van der Waals surface area contributed by atoms with Crippen LogP contribution in [0, 0.1) is 0 Å². The molecule has 1 N–H and O–H groups in total.